The summed E-state index contributed by atoms with van der Waals surface area (Å²) in [4.78, 5) is 13.3. The van der Waals surface area contributed by atoms with Gasteiger partial charge in [0, 0.05) is 36.0 Å². The van der Waals surface area contributed by atoms with E-state index in [0.29, 0.717) is 18.7 Å². The van der Waals surface area contributed by atoms with Gasteiger partial charge in [-0.3, -0.25) is 4.79 Å². The fourth-order valence-electron chi connectivity index (χ4n) is 4.59. The molecule has 8 heteroatoms. The molecule has 1 aromatic heterocycles. The van der Waals surface area contributed by atoms with Gasteiger partial charge in [0.1, 0.15) is 0 Å². The maximum absolute atomic E-state index is 13.3. The average Bonchev–Trinajstić information content (AvgIpc) is 3.11. The highest BCUT2D eigenvalue weighted by molar-refractivity contribution is 7.89. The Morgan fingerprint density at radius 2 is 1.82 bits per heavy atom. The van der Waals surface area contributed by atoms with Gasteiger partial charge in [0.05, 0.1) is 16.3 Å². The first-order valence-electron chi connectivity index (χ1n) is 11.7. The molecular formula is C26H32N4O3S. The quantitative estimate of drug-likeness (QED) is 0.570. The molecule has 0 saturated carbocycles. The molecule has 0 spiro atoms. The van der Waals surface area contributed by atoms with Gasteiger partial charge >= 0.3 is 0 Å². The number of piperidine rings is 1. The highest BCUT2D eigenvalue weighted by atomic mass is 32.2. The van der Waals surface area contributed by atoms with Gasteiger partial charge in [0.2, 0.25) is 10.0 Å². The number of nitrogens with zero attached hydrogens (tertiary/aromatic N) is 3. The topological polar surface area (TPSA) is 84.3 Å². The predicted molar refractivity (Wildman–Crippen MR) is 133 cm³/mol. The number of sulfonamides is 1. The minimum atomic E-state index is -3.65. The zero-order chi connectivity index (χ0) is 24.5. The molecule has 2 heterocycles. The van der Waals surface area contributed by atoms with Gasteiger partial charge in [0.25, 0.3) is 5.91 Å². The molecule has 1 amide bonds. The summed E-state index contributed by atoms with van der Waals surface area (Å²) in [5.74, 6) is -0.299. The molecule has 1 aliphatic rings. The Hall–Kier alpha value is -2.97. The Labute approximate surface area is 201 Å². The van der Waals surface area contributed by atoms with Gasteiger partial charge in [-0.05, 0) is 70.4 Å². The Morgan fingerprint density at radius 3 is 2.53 bits per heavy atom. The molecule has 2 aromatic carbocycles. The van der Waals surface area contributed by atoms with E-state index in [1.54, 1.807) is 16.4 Å². The zero-order valence-corrected chi connectivity index (χ0v) is 21.0. The van der Waals surface area contributed by atoms with E-state index in [1.165, 1.54) is 6.07 Å². The number of aromatic nitrogens is 2. The van der Waals surface area contributed by atoms with Crippen molar-refractivity contribution in [3.05, 3.63) is 76.6 Å². The SMILES string of the molecule is Cc1ccc(S(=O)(=O)N2CCCC[C@H]2C)cc1C(=O)NCc1c(C)nn(-c2ccccc2)c1C. The molecule has 7 nitrogen and oxygen atoms in total. The van der Waals surface area contributed by atoms with E-state index >= 15 is 0 Å². The fourth-order valence-corrected chi connectivity index (χ4v) is 6.31. The Bertz CT molecular complexity index is 1300. The number of carbonyl (C=O) groups excluding carboxylic acids is 1. The van der Waals surface area contributed by atoms with Gasteiger partial charge in [-0.1, -0.05) is 30.7 Å². The van der Waals surface area contributed by atoms with Crippen LogP contribution in [-0.4, -0.2) is 41.0 Å². The van der Waals surface area contributed by atoms with E-state index in [4.69, 9.17) is 0 Å². The number of aryl methyl sites for hydroxylation is 2. The van der Waals surface area contributed by atoms with Crippen molar-refractivity contribution in [1.82, 2.24) is 19.4 Å². The van der Waals surface area contributed by atoms with Crippen molar-refractivity contribution in [2.24, 2.45) is 0 Å². The van der Waals surface area contributed by atoms with Crippen molar-refractivity contribution in [2.45, 2.75) is 64.4 Å². The van der Waals surface area contributed by atoms with Gasteiger partial charge in [-0.15, -0.1) is 0 Å². The monoisotopic (exact) mass is 480 g/mol. The molecule has 0 unspecified atom stereocenters. The van der Waals surface area contributed by atoms with Crippen LogP contribution >= 0.6 is 0 Å². The summed E-state index contributed by atoms with van der Waals surface area (Å²) in [6, 6.07) is 14.6. The number of rotatable bonds is 6. The van der Waals surface area contributed by atoms with Crippen LogP contribution in [0.15, 0.2) is 53.4 Å². The van der Waals surface area contributed by atoms with Crippen LogP contribution < -0.4 is 5.32 Å². The summed E-state index contributed by atoms with van der Waals surface area (Å²) in [6.07, 6.45) is 2.75. The van der Waals surface area contributed by atoms with E-state index in [0.717, 1.165) is 47.5 Å². The summed E-state index contributed by atoms with van der Waals surface area (Å²) in [7, 11) is -3.65. The number of carbonyl (C=O) groups is 1. The molecule has 34 heavy (non-hydrogen) atoms. The molecule has 3 aromatic rings. The lowest BCUT2D eigenvalue weighted by molar-refractivity contribution is 0.0950. The third-order valence-electron chi connectivity index (χ3n) is 6.67. The van der Waals surface area contributed by atoms with Crippen molar-refractivity contribution in [3.8, 4) is 5.69 Å². The largest absolute Gasteiger partial charge is 0.348 e. The Balaban J connectivity index is 1.55. The second-order valence-corrected chi connectivity index (χ2v) is 10.9. The van der Waals surface area contributed by atoms with Crippen LogP contribution in [0.25, 0.3) is 5.69 Å². The number of hydrogen-bond donors (Lipinski definition) is 1. The first kappa shape index (κ1) is 24.2. The molecule has 1 saturated heterocycles. The van der Waals surface area contributed by atoms with Crippen LogP contribution in [0.5, 0.6) is 0 Å². The van der Waals surface area contributed by atoms with Crippen molar-refractivity contribution >= 4 is 15.9 Å². The number of hydrogen-bond acceptors (Lipinski definition) is 4. The number of para-hydroxylation sites is 1. The summed E-state index contributed by atoms with van der Waals surface area (Å²) in [6.45, 7) is 8.49. The van der Waals surface area contributed by atoms with Crippen molar-refractivity contribution in [1.29, 1.82) is 0 Å². The second-order valence-electron chi connectivity index (χ2n) is 9.02. The van der Waals surface area contributed by atoms with Gasteiger partial charge in [0.15, 0.2) is 0 Å². The minimum absolute atomic E-state index is 0.0376. The zero-order valence-electron chi connectivity index (χ0n) is 20.2. The lowest BCUT2D eigenvalue weighted by atomic mass is 10.1. The van der Waals surface area contributed by atoms with Crippen LogP contribution in [0, 0.1) is 20.8 Å². The Morgan fingerprint density at radius 1 is 1.09 bits per heavy atom. The molecule has 1 atom stereocenters. The van der Waals surface area contributed by atoms with Gasteiger partial charge < -0.3 is 5.32 Å². The first-order valence-corrected chi connectivity index (χ1v) is 13.2. The van der Waals surface area contributed by atoms with E-state index in [-0.39, 0.29) is 16.8 Å². The lowest BCUT2D eigenvalue weighted by Crippen LogP contribution is -2.42. The number of amides is 1. The molecule has 0 aliphatic carbocycles. The molecule has 1 fully saturated rings. The van der Waals surface area contributed by atoms with Crippen LogP contribution in [0.4, 0.5) is 0 Å². The van der Waals surface area contributed by atoms with E-state index in [2.05, 4.69) is 10.4 Å². The highest BCUT2D eigenvalue weighted by Crippen LogP contribution is 2.26. The van der Waals surface area contributed by atoms with Crippen LogP contribution in [0.2, 0.25) is 0 Å². The fraction of sp³-hybridized carbons (Fsp3) is 0.385. The molecule has 180 valence electrons. The number of benzene rings is 2. The standard InChI is InChI=1S/C26H32N4O3S/c1-18-13-14-23(34(32,33)29-15-9-8-10-19(29)2)16-24(18)26(31)27-17-25-20(3)28-30(21(25)4)22-11-6-5-7-12-22/h5-7,11-14,16,19H,8-10,15,17H2,1-4H3,(H,27,31)/t19-/m1/s1. The van der Waals surface area contributed by atoms with E-state index in [1.807, 2.05) is 62.7 Å². The molecule has 0 bridgehead atoms. The summed E-state index contributed by atoms with van der Waals surface area (Å²) in [5.41, 5.74) is 4.81. The summed E-state index contributed by atoms with van der Waals surface area (Å²) < 4.78 is 30.0. The lowest BCUT2D eigenvalue weighted by Gasteiger charge is -2.32. The molecule has 1 aliphatic heterocycles. The van der Waals surface area contributed by atoms with Gasteiger partial charge in [-0.25, -0.2) is 13.1 Å². The van der Waals surface area contributed by atoms with E-state index < -0.39 is 10.0 Å². The van der Waals surface area contributed by atoms with Crippen molar-refractivity contribution < 1.29 is 13.2 Å². The summed E-state index contributed by atoms with van der Waals surface area (Å²) >= 11 is 0. The second kappa shape index (κ2) is 9.72. The normalized spacial score (nSPS) is 17.0. The van der Waals surface area contributed by atoms with Crippen LogP contribution in [-0.2, 0) is 16.6 Å². The number of nitrogens with one attached hydrogen (secondary N) is 1. The van der Waals surface area contributed by atoms with Crippen molar-refractivity contribution in [2.75, 3.05) is 6.54 Å². The predicted octanol–water partition coefficient (Wildman–Crippen LogP) is 4.29. The first-order chi connectivity index (χ1) is 16.2. The van der Waals surface area contributed by atoms with Gasteiger partial charge in [-0.2, -0.15) is 9.40 Å². The maximum Gasteiger partial charge on any atom is 0.251 e. The third-order valence-corrected chi connectivity index (χ3v) is 8.68. The highest BCUT2D eigenvalue weighted by Gasteiger charge is 2.31. The third kappa shape index (κ3) is 4.65. The smallest absolute Gasteiger partial charge is 0.251 e. The Kier molecular flexibility index (Phi) is 6.91. The molecule has 0 radical (unpaired) electrons. The minimum Gasteiger partial charge on any atom is -0.348 e. The molecule has 1 N–H and O–H groups in total. The van der Waals surface area contributed by atoms with E-state index in [9.17, 15) is 13.2 Å². The summed E-state index contributed by atoms with van der Waals surface area (Å²) in [5, 5.41) is 7.60. The maximum atomic E-state index is 13.3. The van der Waals surface area contributed by atoms with Crippen LogP contribution in [0.1, 0.15) is 59.1 Å². The van der Waals surface area contributed by atoms with Crippen molar-refractivity contribution in [3.63, 3.8) is 0 Å². The van der Waals surface area contributed by atoms with Crippen LogP contribution in [0.3, 0.4) is 0 Å². The molecular weight excluding hydrogens is 448 g/mol. The molecule has 4 rings (SSSR count). The average molecular weight is 481 g/mol.